The van der Waals surface area contributed by atoms with Crippen LogP contribution in [0.5, 0.6) is 0 Å². The van der Waals surface area contributed by atoms with E-state index < -0.39 is 0 Å². The molecule has 0 saturated carbocycles. The quantitative estimate of drug-likeness (QED) is 0.764. The van der Waals surface area contributed by atoms with Crippen molar-refractivity contribution in [2.24, 2.45) is 0 Å². The molecule has 0 aromatic heterocycles. The SMILES string of the molecule is C=C1C=CCN1c1cccc(N2CCCC2)c1. The molecule has 17 heavy (non-hydrogen) atoms. The fourth-order valence-electron chi connectivity index (χ4n) is 2.61. The molecule has 0 radical (unpaired) electrons. The van der Waals surface area contributed by atoms with Gasteiger partial charge in [-0.15, -0.1) is 0 Å². The first-order chi connectivity index (χ1) is 8.34. The van der Waals surface area contributed by atoms with Gasteiger partial charge in [-0.2, -0.15) is 0 Å². The Bertz CT molecular complexity index is 456. The van der Waals surface area contributed by atoms with E-state index in [1.807, 2.05) is 0 Å². The van der Waals surface area contributed by atoms with E-state index in [2.05, 4.69) is 52.8 Å². The van der Waals surface area contributed by atoms with Gasteiger partial charge in [0.1, 0.15) is 0 Å². The second-order valence-electron chi connectivity index (χ2n) is 4.72. The number of nitrogens with zero attached hydrogens (tertiary/aromatic N) is 2. The molecule has 2 nitrogen and oxygen atoms in total. The van der Waals surface area contributed by atoms with E-state index in [9.17, 15) is 0 Å². The number of anilines is 2. The van der Waals surface area contributed by atoms with Crippen molar-refractivity contribution in [2.75, 3.05) is 29.4 Å². The van der Waals surface area contributed by atoms with Crippen LogP contribution in [-0.2, 0) is 0 Å². The highest BCUT2D eigenvalue weighted by Crippen LogP contribution is 2.28. The molecule has 0 spiro atoms. The number of rotatable bonds is 2. The molecule has 0 unspecified atom stereocenters. The van der Waals surface area contributed by atoms with Crippen molar-refractivity contribution in [1.82, 2.24) is 0 Å². The maximum atomic E-state index is 4.06. The van der Waals surface area contributed by atoms with Crippen molar-refractivity contribution in [1.29, 1.82) is 0 Å². The summed E-state index contributed by atoms with van der Waals surface area (Å²) in [7, 11) is 0. The van der Waals surface area contributed by atoms with E-state index >= 15 is 0 Å². The summed E-state index contributed by atoms with van der Waals surface area (Å²) in [4.78, 5) is 4.72. The van der Waals surface area contributed by atoms with Crippen LogP contribution in [-0.4, -0.2) is 19.6 Å². The van der Waals surface area contributed by atoms with Crippen LogP contribution in [0.25, 0.3) is 0 Å². The van der Waals surface area contributed by atoms with Crippen molar-refractivity contribution in [3.8, 4) is 0 Å². The van der Waals surface area contributed by atoms with Gasteiger partial charge in [0, 0.05) is 36.7 Å². The van der Waals surface area contributed by atoms with E-state index in [1.54, 1.807) is 0 Å². The van der Waals surface area contributed by atoms with Crippen molar-refractivity contribution in [3.63, 3.8) is 0 Å². The zero-order valence-corrected chi connectivity index (χ0v) is 10.1. The Hall–Kier alpha value is -1.70. The molecule has 1 saturated heterocycles. The van der Waals surface area contributed by atoms with E-state index in [4.69, 9.17) is 0 Å². The van der Waals surface area contributed by atoms with Crippen molar-refractivity contribution < 1.29 is 0 Å². The molecule has 1 fully saturated rings. The Balaban J connectivity index is 1.86. The molecule has 2 aliphatic heterocycles. The molecule has 2 heterocycles. The van der Waals surface area contributed by atoms with E-state index in [0.717, 1.165) is 12.2 Å². The molecule has 3 rings (SSSR count). The van der Waals surface area contributed by atoms with Gasteiger partial charge in [0.2, 0.25) is 0 Å². The highest BCUT2D eigenvalue weighted by atomic mass is 15.2. The highest BCUT2D eigenvalue weighted by Gasteiger charge is 2.15. The van der Waals surface area contributed by atoms with E-state index in [1.165, 1.54) is 37.3 Å². The molecular formula is C15H18N2. The fourth-order valence-corrected chi connectivity index (χ4v) is 2.61. The van der Waals surface area contributed by atoms with Gasteiger partial charge in [-0.25, -0.2) is 0 Å². The summed E-state index contributed by atoms with van der Waals surface area (Å²) in [6.45, 7) is 7.41. The zero-order valence-electron chi connectivity index (χ0n) is 10.1. The van der Waals surface area contributed by atoms with Crippen molar-refractivity contribution in [3.05, 3.63) is 48.7 Å². The number of hydrogen-bond donors (Lipinski definition) is 0. The maximum absolute atomic E-state index is 4.06. The van der Waals surface area contributed by atoms with Gasteiger partial charge in [-0.1, -0.05) is 18.7 Å². The zero-order chi connectivity index (χ0) is 11.7. The summed E-state index contributed by atoms with van der Waals surface area (Å²) >= 11 is 0. The summed E-state index contributed by atoms with van der Waals surface area (Å²) in [6, 6.07) is 8.80. The summed E-state index contributed by atoms with van der Waals surface area (Å²) in [5.74, 6) is 0. The van der Waals surface area contributed by atoms with Gasteiger partial charge >= 0.3 is 0 Å². The molecule has 0 atom stereocenters. The Morgan fingerprint density at radius 3 is 2.53 bits per heavy atom. The molecule has 88 valence electrons. The molecular weight excluding hydrogens is 208 g/mol. The van der Waals surface area contributed by atoms with Crippen LogP contribution in [0.1, 0.15) is 12.8 Å². The van der Waals surface area contributed by atoms with Crippen LogP contribution in [0.4, 0.5) is 11.4 Å². The van der Waals surface area contributed by atoms with Crippen molar-refractivity contribution >= 4 is 11.4 Å². The highest BCUT2D eigenvalue weighted by molar-refractivity contribution is 5.64. The molecule has 2 heteroatoms. The third-order valence-corrected chi connectivity index (χ3v) is 3.56. The third-order valence-electron chi connectivity index (χ3n) is 3.56. The smallest absolute Gasteiger partial charge is 0.0434 e. The van der Waals surface area contributed by atoms with Crippen LogP contribution >= 0.6 is 0 Å². The minimum absolute atomic E-state index is 0.947. The maximum Gasteiger partial charge on any atom is 0.0434 e. The van der Waals surface area contributed by atoms with Crippen molar-refractivity contribution in [2.45, 2.75) is 12.8 Å². The van der Waals surface area contributed by atoms with E-state index in [0.29, 0.717) is 0 Å². The third kappa shape index (κ3) is 1.95. The van der Waals surface area contributed by atoms with Crippen LogP contribution in [0, 0.1) is 0 Å². The molecule has 0 N–H and O–H groups in total. The Morgan fingerprint density at radius 2 is 1.82 bits per heavy atom. The first-order valence-electron chi connectivity index (χ1n) is 6.32. The van der Waals surface area contributed by atoms with Gasteiger partial charge in [0.15, 0.2) is 0 Å². The second-order valence-corrected chi connectivity index (χ2v) is 4.72. The van der Waals surface area contributed by atoms with Crippen LogP contribution < -0.4 is 9.80 Å². The largest absolute Gasteiger partial charge is 0.371 e. The normalized spacial score (nSPS) is 19.4. The lowest BCUT2D eigenvalue weighted by Gasteiger charge is -2.23. The van der Waals surface area contributed by atoms with Gasteiger partial charge in [-0.05, 0) is 37.1 Å². The topological polar surface area (TPSA) is 6.48 Å². The summed E-state index contributed by atoms with van der Waals surface area (Å²) < 4.78 is 0. The minimum atomic E-state index is 0.947. The monoisotopic (exact) mass is 226 g/mol. The van der Waals surface area contributed by atoms with Gasteiger partial charge in [0.25, 0.3) is 0 Å². The average Bonchev–Trinajstić information content (AvgIpc) is 2.99. The summed E-state index contributed by atoms with van der Waals surface area (Å²) in [5, 5.41) is 0. The summed E-state index contributed by atoms with van der Waals surface area (Å²) in [5.41, 5.74) is 3.69. The predicted molar refractivity (Wildman–Crippen MR) is 73.5 cm³/mol. The number of allylic oxidation sites excluding steroid dienone is 1. The first-order valence-corrected chi connectivity index (χ1v) is 6.32. The Kier molecular flexibility index (Phi) is 2.63. The molecule has 0 aliphatic carbocycles. The van der Waals surface area contributed by atoms with E-state index in [-0.39, 0.29) is 0 Å². The lowest BCUT2D eigenvalue weighted by molar-refractivity contribution is 0.949. The Morgan fingerprint density at radius 1 is 1.06 bits per heavy atom. The number of benzene rings is 1. The standard InChI is InChI=1S/C15H18N2/c1-13-6-5-11-17(13)15-8-4-7-14(12-15)16-9-2-3-10-16/h4-8,12H,1-3,9-11H2. The fraction of sp³-hybridized carbons (Fsp3) is 0.333. The second kappa shape index (κ2) is 4.28. The lowest BCUT2D eigenvalue weighted by Crippen LogP contribution is -2.19. The van der Waals surface area contributed by atoms with Gasteiger partial charge in [0.05, 0.1) is 0 Å². The molecule has 0 bridgehead atoms. The van der Waals surface area contributed by atoms with Crippen LogP contribution in [0.2, 0.25) is 0 Å². The molecule has 1 aromatic carbocycles. The predicted octanol–water partition coefficient (Wildman–Crippen LogP) is 3.18. The first kappa shape index (κ1) is 10.5. The molecule has 0 amide bonds. The average molecular weight is 226 g/mol. The summed E-state index contributed by atoms with van der Waals surface area (Å²) in [6.07, 6.45) is 6.89. The molecule has 2 aliphatic rings. The lowest BCUT2D eigenvalue weighted by atomic mass is 10.2. The minimum Gasteiger partial charge on any atom is -0.371 e. The van der Waals surface area contributed by atoms with Gasteiger partial charge < -0.3 is 9.80 Å². The van der Waals surface area contributed by atoms with Crippen LogP contribution in [0.3, 0.4) is 0 Å². The number of hydrogen-bond acceptors (Lipinski definition) is 2. The van der Waals surface area contributed by atoms with Crippen LogP contribution in [0.15, 0.2) is 48.7 Å². The molecule has 1 aromatic rings. The Labute approximate surface area is 103 Å². The van der Waals surface area contributed by atoms with Gasteiger partial charge in [-0.3, -0.25) is 0 Å².